The number of nitrogens with zero attached hydrogens (tertiary/aromatic N) is 1. The first-order chi connectivity index (χ1) is 8.46. The summed E-state index contributed by atoms with van der Waals surface area (Å²) >= 11 is 0. The quantitative estimate of drug-likeness (QED) is 0.893. The van der Waals surface area contributed by atoms with Crippen LogP contribution in [0.1, 0.15) is 18.4 Å². The lowest BCUT2D eigenvalue weighted by Crippen LogP contribution is -2.24. The Bertz CT molecular complexity index is 415. The number of nitrogens with one attached hydrogen (secondary N) is 1. The number of alkyl halides is 3. The van der Waals surface area contributed by atoms with Gasteiger partial charge in [0, 0.05) is 31.5 Å². The molecule has 2 nitrogen and oxygen atoms in total. The number of aryl methyl sites for hydroxylation is 1. The van der Waals surface area contributed by atoms with Crippen molar-refractivity contribution in [1.82, 2.24) is 0 Å². The zero-order valence-electron chi connectivity index (χ0n) is 10.3. The highest BCUT2D eigenvalue weighted by atomic mass is 19.4. The molecule has 0 aromatic heterocycles. The van der Waals surface area contributed by atoms with Gasteiger partial charge in [-0.3, -0.25) is 0 Å². The molecule has 2 rings (SSSR count). The van der Waals surface area contributed by atoms with Crippen LogP contribution in [0.3, 0.4) is 0 Å². The molecule has 0 saturated carbocycles. The van der Waals surface area contributed by atoms with Crippen LogP contribution >= 0.6 is 0 Å². The summed E-state index contributed by atoms with van der Waals surface area (Å²) in [5.41, 5.74) is 3.15. The predicted molar refractivity (Wildman–Crippen MR) is 67.2 cm³/mol. The minimum Gasteiger partial charge on any atom is -0.385 e. The summed E-state index contributed by atoms with van der Waals surface area (Å²) in [5, 5.41) is 3.29. The molecule has 1 aromatic carbocycles. The van der Waals surface area contributed by atoms with Crippen LogP contribution in [0.5, 0.6) is 0 Å². The molecule has 18 heavy (non-hydrogen) atoms. The van der Waals surface area contributed by atoms with Gasteiger partial charge in [0.1, 0.15) is 0 Å². The van der Waals surface area contributed by atoms with Crippen LogP contribution in [0, 0.1) is 0 Å². The van der Waals surface area contributed by atoms with E-state index in [-0.39, 0.29) is 6.54 Å². The molecule has 5 heteroatoms. The summed E-state index contributed by atoms with van der Waals surface area (Å²) in [6, 6.07) is 5.80. The van der Waals surface area contributed by atoms with Crippen molar-refractivity contribution < 1.29 is 13.2 Å². The van der Waals surface area contributed by atoms with Crippen molar-refractivity contribution in [3.8, 4) is 0 Å². The Balaban J connectivity index is 2.04. The van der Waals surface area contributed by atoms with E-state index in [1.165, 1.54) is 5.56 Å². The third kappa shape index (κ3) is 3.31. The summed E-state index contributed by atoms with van der Waals surface area (Å²) in [7, 11) is 1.70. The highest BCUT2D eigenvalue weighted by Crippen LogP contribution is 2.27. The standard InChI is InChI=1S/C13H17F3N2/c1-18(8-6-13(14,15)16)11-4-5-12-10(9-11)3-2-7-17-12/h4-5,9,17H,2-3,6-8H2,1H3. The molecule has 0 fully saturated rings. The average Bonchev–Trinajstić information content (AvgIpc) is 2.34. The van der Waals surface area contributed by atoms with Crippen LogP contribution in [0.4, 0.5) is 24.5 Å². The van der Waals surface area contributed by atoms with E-state index in [1.54, 1.807) is 11.9 Å². The summed E-state index contributed by atoms with van der Waals surface area (Å²) < 4.78 is 36.5. The molecule has 0 aliphatic carbocycles. The van der Waals surface area contributed by atoms with Crippen LogP contribution < -0.4 is 10.2 Å². The monoisotopic (exact) mass is 258 g/mol. The van der Waals surface area contributed by atoms with Gasteiger partial charge in [-0.2, -0.15) is 13.2 Å². The second-order valence-electron chi connectivity index (χ2n) is 4.66. The van der Waals surface area contributed by atoms with Crippen molar-refractivity contribution in [3.05, 3.63) is 23.8 Å². The summed E-state index contributed by atoms with van der Waals surface area (Å²) in [6.45, 7) is 0.964. The molecular weight excluding hydrogens is 241 g/mol. The van der Waals surface area contributed by atoms with E-state index in [0.29, 0.717) is 0 Å². The summed E-state index contributed by atoms with van der Waals surface area (Å²) in [4.78, 5) is 1.66. The van der Waals surface area contributed by atoms with Gasteiger partial charge >= 0.3 is 6.18 Å². The Morgan fingerprint density at radius 1 is 1.33 bits per heavy atom. The van der Waals surface area contributed by atoms with E-state index >= 15 is 0 Å². The van der Waals surface area contributed by atoms with Gasteiger partial charge in [0.2, 0.25) is 0 Å². The number of halogens is 3. The van der Waals surface area contributed by atoms with Gasteiger partial charge in [-0.25, -0.2) is 0 Å². The topological polar surface area (TPSA) is 15.3 Å². The van der Waals surface area contributed by atoms with Crippen LogP contribution in [0.2, 0.25) is 0 Å². The Morgan fingerprint density at radius 2 is 2.11 bits per heavy atom. The second kappa shape index (κ2) is 5.08. The summed E-state index contributed by atoms with van der Waals surface area (Å²) in [6.07, 6.45) is -2.81. The maximum atomic E-state index is 12.2. The van der Waals surface area contributed by atoms with Crippen LogP contribution in [-0.4, -0.2) is 26.3 Å². The lowest BCUT2D eigenvalue weighted by Gasteiger charge is -2.24. The van der Waals surface area contributed by atoms with Crippen molar-refractivity contribution >= 4 is 11.4 Å². The number of benzene rings is 1. The van der Waals surface area contributed by atoms with Gasteiger partial charge in [0.15, 0.2) is 0 Å². The van der Waals surface area contributed by atoms with E-state index in [2.05, 4.69) is 5.32 Å². The Morgan fingerprint density at radius 3 is 2.83 bits per heavy atom. The van der Waals surface area contributed by atoms with Crippen LogP contribution in [0.25, 0.3) is 0 Å². The zero-order valence-corrected chi connectivity index (χ0v) is 10.3. The van der Waals surface area contributed by atoms with Crippen molar-refractivity contribution in [2.45, 2.75) is 25.4 Å². The van der Waals surface area contributed by atoms with Crippen molar-refractivity contribution in [2.24, 2.45) is 0 Å². The molecule has 1 heterocycles. The molecule has 1 aromatic rings. The molecular formula is C13H17F3N2. The van der Waals surface area contributed by atoms with Gasteiger partial charge in [-0.1, -0.05) is 0 Å². The second-order valence-corrected chi connectivity index (χ2v) is 4.66. The van der Waals surface area contributed by atoms with Gasteiger partial charge < -0.3 is 10.2 Å². The third-order valence-electron chi connectivity index (χ3n) is 3.20. The Hall–Kier alpha value is -1.39. The lowest BCUT2D eigenvalue weighted by molar-refractivity contribution is -0.132. The number of hydrogen-bond donors (Lipinski definition) is 1. The third-order valence-corrected chi connectivity index (χ3v) is 3.20. The van der Waals surface area contributed by atoms with Crippen molar-refractivity contribution in [2.75, 3.05) is 30.4 Å². The molecule has 0 amide bonds. The molecule has 0 spiro atoms. The van der Waals surface area contributed by atoms with E-state index in [9.17, 15) is 13.2 Å². The number of hydrogen-bond acceptors (Lipinski definition) is 2. The molecule has 100 valence electrons. The average molecular weight is 258 g/mol. The lowest BCUT2D eigenvalue weighted by atomic mass is 10.0. The maximum Gasteiger partial charge on any atom is 0.390 e. The molecule has 0 bridgehead atoms. The predicted octanol–water partition coefficient (Wildman–Crippen LogP) is 3.43. The van der Waals surface area contributed by atoms with Gasteiger partial charge in [0.25, 0.3) is 0 Å². The van der Waals surface area contributed by atoms with Crippen molar-refractivity contribution in [3.63, 3.8) is 0 Å². The van der Waals surface area contributed by atoms with Gasteiger partial charge in [-0.15, -0.1) is 0 Å². The Kier molecular flexibility index (Phi) is 3.68. The highest BCUT2D eigenvalue weighted by Gasteiger charge is 2.27. The highest BCUT2D eigenvalue weighted by molar-refractivity contribution is 5.61. The minimum atomic E-state index is -4.09. The van der Waals surface area contributed by atoms with E-state index in [4.69, 9.17) is 0 Å². The first kappa shape index (κ1) is 13.1. The Labute approximate surface area is 105 Å². The first-order valence-electron chi connectivity index (χ1n) is 6.10. The SMILES string of the molecule is CN(CCC(F)(F)F)c1ccc2c(c1)CCCN2. The zero-order chi connectivity index (χ0) is 13.2. The number of rotatable bonds is 3. The first-order valence-corrected chi connectivity index (χ1v) is 6.10. The fraction of sp³-hybridized carbons (Fsp3) is 0.538. The number of fused-ring (bicyclic) bond motifs is 1. The van der Waals surface area contributed by atoms with Crippen LogP contribution in [0.15, 0.2) is 18.2 Å². The minimum absolute atomic E-state index is 0.00425. The van der Waals surface area contributed by atoms with Crippen molar-refractivity contribution in [1.29, 1.82) is 0 Å². The van der Waals surface area contributed by atoms with E-state index in [0.717, 1.165) is 30.8 Å². The molecule has 1 N–H and O–H groups in total. The molecule has 1 aliphatic heterocycles. The number of anilines is 2. The molecule has 0 atom stereocenters. The van der Waals surface area contributed by atoms with Gasteiger partial charge in [0.05, 0.1) is 6.42 Å². The summed E-state index contributed by atoms with van der Waals surface area (Å²) in [5.74, 6) is 0. The van der Waals surface area contributed by atoms with E-state index in [1.807, 2.05) is 18.2 Å². The molecule has 0 saturated heterocycles. The van der Waals surface area contributed by atoms with E-state index < -0.39 is 12.6 Å². The fourth-order valence-electron chi connectivity index (χ4n) is 2.12. The largest absolute Gasteiger partial charge is 0.390 e. The molecule has 0 radical (unpaired) electrons. The maximum absolute atomic E-state index is 12.2. The van der Waals surface area contributed by atoms with Gasteiger partial charge in [-0.05, 0) is 36.6 Å². The smallest absolute Gasteiger partial charge is 0.385 e. The molecule has 0 unspecified atom stereocenters. The van der Waals surface area contributed by atoms with Crippen LogP contribution in [-0.2, 0) is 6.42 Å². The molecule has 1 aliphatic rings. The fourth-order valence-corrected chi connectivity index (χ4v) is 2.12. The normalized spacial score (nSPS) is 14.9.